The lowest BCUT2D eigenvalue weighted by Gasteiger charge is -2.01. The van der Waals surface area contributed by atoms with Crippen LogP contribution in [0.1, 0.15) is 12.0 Å². The Kier molecular flexibility index (Phi) is 3.29. The van der Waals surface area contributed by atoms with Crippen molar-refractivity contribution in [3.63, 3.8) is 0 Å². The molecule has 1 aromatic carbocycles. The second-order valence-electron chi connectivity index (χ2n) is 2.42. The van der Waals surface area contributed by atoms with Crippen molar-refractivity contribution in [3.05, 3.63) is 28.2 Å². The second kappa shape index (κ2) is 4.26. The maximum absolute atomic E-state index is 9.96. The summed E-state index contributed by atoms with van der Waals surface area (Å²) in [5.41, 5.74) is 0.771. The number of rotatable bonds is 3. The van der Waals surface area contributed by atoms with Crippen molar-refractivity contribution >= 4 is 22.2 Å². The van der Waals surface area contributed by atoms with E-state index in [2.05, 4.69) is 15.9 Å². The van der Waals surface area contributed by atoms with Crippen LogP contribution >= 0.6 is 15.9 Å². The molecular formula is C9H8BrO2. The first-order valence-corrected chi connectivity index (χ1v) is 4.35. The van der Waals surface area contributed by atoms with Crippen molar-refractivity contribution in [1.82, 2.24) is 0 Å². The van der Waals surface area contributed by atoms with E-state index in [4.69, 9.17) is 0 Å². The predicted molar refractivity (Wildman–Crippen MR) is 49.8 cm³/mol. The van der Waals surface area contributed by atoms with Gasteiger partial charge in [0, 0.05) is 10.9 Å². The molecular weight excluding hydrogens is 220 g/mol. The summed E-state index contributed by atoms with van der Waals surface area (Å²) < 4.78 is 0.904. The monoisotopic (exact) mass is 227 g/mol. The number of phenolic OH excluding ortho intramolecular Hbond substituents is 1. The first-order chi connectivity index (χ1) is 5.74. The lowest BCUT2D eigenvalue weighted by atomic mass is 10.1. The molecule has 0 bridgehead atoms. The maximum Gasteiger partial charge on any atom is 0.198 e. The van der Waals surface area contributed by atoms with Crippen molar-refractivity contribution in [2.75, 3.05) is 0 Å². The number of benzene rings is 1. The first-order valence-electron chi connectivity index (χ1n) is 3.56. The average Bonchev–Trinajstić information content (AvgIpc) is 2.07. The highest BCUT2D eigenvalue weighted by Gasteiger charge is 2.00. The number of hydrogen-bond acceptors (Lipinski definition) is 2. The van der Waals surface area contributed by atoms with Crippen LogP contribution in [0, 0.1) is 0 Å². The highest BCUT2D eigenvalue weighted by atomic mass is 79.9. The average molecular weight is 228 g/mol. The van der Waals surface area contributed by atoms with Gasteiger partial charge in [0.15, 0.2) is 6.29 Å². The van der Waals surface area contributed by atoms with Crippen molar-refractivity contribution in [3.8, 4) is 5.75 Å². The maximum atomic E-state index is 9.96. The molecule has 0 aliphatic heterocycles. The normalized spacial score (nSPS) is 9.75. The van der Waals surface area contributed by atoms with Crippen molar-refractivity contribution in [1.29, 1.82) is 0 Å². The van der Waals surface area contributed by atoms with Crippen LogP contribution in [0.15, 0.2) is 22.7 Å². The quantitative estimate of drug-likeness (QED) is 0.860. The van der Waals surface area contributed by atoms with Gasteiger partial charge in [-0.05, 0) is 30.2 Å². The van der Waals surface area contributed by atoms with E-state index in [1.54, 1.807) is 24.5 Å². The van der Waals surface area contributed by atoms with Gasteiger partial charge in [-0.25, -0.2) is 0 Å². The summed E-state index contributed by atoms with van der Waals surface area (Å²) in [5, 5.41) is 9.31. The minimum Gasteiger partial charge on any atom is -0.508 e. The molecule has 0 amide bonds. The Bertz CT molecular complexity index is 284. The molecule has 3 heteroatoms. The molecule has 2 nitrogen and oxygen atoms in total. The summed E-state index contributed by atoms with van der Waals surface area (Å²) in [6.45, 7) is 0. The predicted octanol–water partition coefficient (Wildman–Crippen LogP) is 2.20. The summed E-state index contributed by atoms with van der Waals surface area (Å²) in [7, 11) is 0. The Morgan fingerprint density at radius 3 is 2.92 bits per heavy atom. The third-order valence-corrected chi connectivity index (χ3v) is 2.03. The molecule has 0 unspecified atom stereocenters. The SMILES string of the molecule is O=[C]CCc1cc(Br)ccc1O. The van der Waals surface area contributed by atoms with Crippen LogP contribution in [0.25, 0.3) is 0 Å². The van der Waals surface area contributed by atoms with E-state index in [1.807, 2.05) is 0 Å². The summed E-state index contributed by atoms with van der Waals surface area (Å²) in [6.07, 6.45) is 2.65. The topological polar surface area (TPSA) is 37.3 Å². The van der Waals surface area contributed by atoms with E-state index in [-0.39, 0.29) is 5.75 Å². The summed E-state index contributed by atoms with van der Waals surface area (Å²) in [6, 6.07) is 5.15. The Labute approximate surface area is 79.3 Å². The zero-order valence-electron chi connectivity index (χ0n) is 6.38. The van der Waals surface area contributed by atoms with Crippen LogP contribution in [0.4, 0.5) is 0 Å². The standard InChI is InChI=1S/C9H8BrO2/c10-8-3-4-9(12)7(6-8)2-1-5-11/h3-4,6,12H,1-2H2. The van der Waals surface area contributed by atoms with E-state index in [9.17, 15) is 9.90 Å². The van der Waals surface area contributed by atoms with Crippen LogP contribution in [0.3, 0.4) is 0 Å². The lowest BCUT2D eigenvalue weighted by Crippen LogP contribution is -1.86. The number of carbonyl (C=O) groups excluding carboxylic acids is 1. The number of halogens is 1. The molecule has 0 atom stereocenters. The molecule has 1 radical (unpaired) electrons. The minimum atomic E-state index is 0.230. The van der Waals surface area contributed by atoms with Gasteiger partial charge in [0.1, 0.15) is 5.75 Å². The first kappa shape index (κ1) is 9.26. The molecule has 0 aliphatic rings. The van der Waals surface area contributed by atoms with Gasteiger partial charge < -0.3 is 5.11 Å². The zero-order chi connectivity index (χ0) is 8.97. The molecule has 0 heterocycles. The summed E-state index contributed by atoms with van der Waals surface area (Å²) in [4.78, 5) is 9.96. The van der Waals surface area contributed by atoms with Gasteiger partial charge in [-0.2, -0.15) is 0 Å². The van der Waals surface area contributed by atoms with Crippen molar-refractivity contribution in [2.24, 2.45) is 0 Å². The van der Waals surface area contributed by atoms with Crippen LogP contribution in [-0.2, 0) is 11.2 Å². The van der Waals surface area contributed by atoms with E-state index in [1.165, 1.54) is 0 Å². The molecule has 63 valence electrons. The van der Waals surface area contributed by atoms with Gasteiger partial charge >= 0.3 is 0 Å². The third kappa shape index (κ3) is 2.34. The number of aromatic hydroxyl groups is 1. The van der Waals surface area contributed by atoms with E-state index in [0.29, 0.717) is 12.8 Å². The molecule has 0 aliphatic carbocycles. The highest BCUT2D eigenvalue weighted by Crippen LogP contribution is 2.22. The highest BCUT2D eigenvalue weighted by molar-refractivity contribution is 9.10. The van der Waals surface area contributed by atoms with Crippen LogP contribution in [0.2, 0.25) is 0 Å². The molecule has 1 aromatic rings. The van der Waals surface area contributed by atoms with Crippen molar-refractivity contribution in [2.45, 2.75) is 12.8 Å². The van der Waals surface area contributed by atoms with Crippen LogP contribution in [0.5, 0.6) is 5.75 Å². The summed E-state index contributed by atoms with van der Waals surface area (Å²) >= 11 is 3.28. The van der Waals surface area contributed by atoms with Gasteiger partial charge in [-0.3, -0.25) is 4.79 Å². The van der Waals surface area contributed by atoms with Crippen molar-refractivity contribution < 1.29 is 9.90 Å². The molecule has 0 spiro atoms. The Balaban J connectivity index is 2.82. The van der Waals surface area contributed by atoms with Crippen LogP contribution in [-0.4, -0.2) is 11.4 Å². The number of phenols is 1. The molecule has 12 heavy (non-hydrogen) atoms. The molecule has 0 fully saturated rings. The Morgan fingerprint density at radius 2 is 2.25 bits per heavy atom. The zero-order valence-corrected chi connectivity index (χ0v) is 7.97. The fourth-order valence-electron chi connectivity index (χ4n) is 0.940. The number of hydrogen-bond donors (Lipinski definition) is 1. The van der Waals surface area contributed by atoms with E-state index < -0.39 is 0 Å². The smallest absolute Gasteiger partial charge is 0.198 e. The third-order valence-electron chi connectivity index (χ3n) is 1.54. The van der Waals surface area contributed by atoms with Gasteiger partial charge in [0.25, 0.3) is 0 Å². The van der Waals surface area contributed by atoms with E-state index in [0.717, 1.165) is 10.0 Å². The number of aryl methyl sites for hydroxylation is 1. The second-order valence-corrected chi connectivity index (χ2v) is 3.33. The van der Waals surface area contributed by atoms with E-state index >= 15 is 0 Å². The molecule has 0 saturated carbocycles. The van der Waals surface area contributed by atoms with Crippen LogP contribution < -0.4 is 0 Å². The Morgan fingerprint density at radius 1 is 1.50 bits per heavy atom. The Hall–Kier alpha value is -0.830. The van der Waals surface area contributed by atoms with Gasteiger partial charge in [-0.1, -0.05) is 15.9 Å². The fraction of sp³-hybridized carbons (Fsp3) is 0.222. The largest absolute Gasteiger partial charge is 0.508 e. The van der Waals surface area contributed by atoms with Gasteiger partial charge in [-0.15, -0.1) is 0 Å². The fourth-order valence-corrected chi connectivity index (χ4v) is 1.35. The van der Waals surface area contributed by atoms with Gasteiger partial charge in [0.2, 0.25) is 0 Å². The lowest BCUT2D eigenvalue weighted by molar-refractivity contribution is 0.468. The minimum absolute atomic E-state index is 0.230. The van der Waals surface area contributed by atoms with Gasteiger partial charge in [0.05, 0.1) is 0 Å². The molecule has 0 saturated heterocycles. The molecule has 0 aromatic heterocycles. The molecule has 1 N–H and O–H groups in total. The summed E-state index contributed by atoms with van der Waals surface area (Å²) in [5.74, 6) is 0.230. The molecule has 1 rings (SSSR count).